The van der Waals surface area contributed by atoms with Crippen LogP contribution in [0.15, 0.2) is 0 Å². The molecule has 0 heterocycles. The van der Waals surface area contributed by atoms with Crippen molar-refractivity contribution in [3.8, 4) is 0 Å². The van der Waals surface area contributed by atoms with Crippen LogP contribution in [0.3, 0.4) is 0 Å². The number of carbonyl (C=O) groups is 4. The van der Waals surface area contributed by atoms with Gasteiger partial charge in [0.1, 0.15) is 17.7 Å². The molecule has 44 heavy (non-hydrogen) atoms. The van der Waals surface area contributed by atoms with Crippen LogP contribution in [0.4, 0.5) is 39.5 Å². The number of fused-ring (bicyclic) bond motifs is 5. The number of Topliss-reactive ketones (excluding diaryl/α,β-unsaturated/α-hetero) is 2. The van der Waals surface area contributed by atoms with E-state index in [4.69, 9.17) is 0 Å². The van der Waals surface area contributed by atoms with E-state index in [0.717, 1.165) is 0 Å². The van der Waals surface area contributed by atoms with Crippen molar-refractivity contribution in [2.45, 2.75) is 109 Å². The summed E-state index contributed by atoms with van der Waals surface area (Å²) in [7, 11) is 0. The number of esters is 2. The minimum absolute atomic E-state index is 0.0352. The number of hydrogen-bond donors (Lipinski definition) is 0. The van der Waals surface area contributed by atoms with E-state index in [1.807, 2.05) is 6.92 Å². The summed E-state index contributed by atoms with van der Waals surface area (Å²) >= 11 is 0. The molecule has 0 aromatic heterocycles. The summed E-state index contributed by atoms with van der Waals surface area (Å²) in [5.74, 6) is -6.68. The molecule has 0 N–H and O–H groups in total. The third-order valence-electron chi connectivity index (χ3n) is 11.2. The SMILES string of the molecule is C[C@H](CCC(=O)OC(C(F)(F)F)C(F)(F)F)[C@H]1CC[C@H]2[C@@H]3C(=O)C[C@@H]4C[C@H](OC(=O)C(F)(F)F)CC[C@]4(C)[C@H]3CC(=O)[C@]12C. The zero-order valence-electron chi connectivity index (χ0n) is 24.3. The Hall–Kier alpha value is -2.35. The van der Waals surface area contributed by atoms with E-state index in [9.17, 15) is 58.7 Å². The molecular formula is C29H35F9O6. The zero-order chi connectivity index (χ0) is 33.2. The van der Waals surface area contributed by atoms with E-state index in [1.165, 1.54) is 0 Å². The van der Waals surface area contributed by atoms with Crippen LogP contribution < -0.4 is 0 Å². The van der Waals surface area contributed by atoms with Crippen LogP contribution in [0.1, 0.15) is 78.6 Å². The fraction of sp³-hybridized carbons (Fsp3) is 0.862. The lowest BCUT2D eigenvalue weighted by molar-refractivity contribution is -0.313. The standard InChI is InChI=1S/C29H35F9O6/c1-13(4-7-21(41)44-23(27(30,31)32)28(33,34)35)16-5-6-17-22-18(12-20(40)26(16,17)3)25(2)9-8-15(10-14(25)11-19(22)39)43-24(42)29(36,37)38/h13-18,22-23H,4-12H2,1-3H3/t13-,14+,15-,16-,17+,18+,22+,25+,26-/m1/s1. The quantitative estimate of drug-likeness (QED) is 0.229. The topological polar surface area (TPSA) is 86.7 Å². The highest BCUT2D eigenvalue weighted by molar-refractivity contribution is 5.92. The maximum Gasteiger partial charge on any atom is 0.490 e. The molecule has 9 atom stereocenters. The largest absolute Gasteiger partial charge is 0.490 e. The van der Waals surface area contributed by atoms with Gasteiger partial charge in [-0.15, -0.1) is 0 Å². The highest BCUT2D eigenvalue weighted by Gasteiger charge is 2.66. The Balaban J connectivity index is 1.45. The van der Waals surface area contributed by atoms with Crippen LogP contribution in [0.5, 0.6) is 0 Å². The predicted molar refractivity (Wildman–Crippen MR) is 132 cm³/mol. The minimum atomic E-state index is -5.83. The Morgan fingerprint density at radius 2 is 1.52 bits per heavy atom. The molecule has 0 amide bonds. The van der Waals surface area contributed by atoms with Crippen LogP contribution >= 0.6 is 0 Å². The molecule has 0 saturated heterocycles. The van der Waals surface area contributed by atoms with Crippen LogP contribution in [-0.2, 0) is 28.7 Å². The fourth-order valence-electron chi connectivity index (χ4n) is 8.94. The van der Waals surface area contributed by atoms with Crippen LogP contribution in [0, 0.1) is 46.3 Å². The van der Waals surface area contributed by atoms with E-state index in [0.29, 0.717) is 19.3 Å². The molecule has 4 saturated carbocycles. The molecule has 0 aromatic carbocycles. The number of hydrogen-bond acceptors (Lipinski definition) is 6. The van der Waals surface area contributed by atoms with E-state index in [2.05, 4.69) is 9.47 Å². The van der Waals surface area contributed by atoms with Crippen LogP contribution in [0.2, 0.25) is 0 Å². The van der Waals surface area contributed by atoms with Gasteiger partial charge in [0.25, 0.3) is 6.10 Å². The van der Waals surface area contributed by atoms with Gasteiger partial charge in [0.2, 0.25) is 0 Å². The summed E-state index contributed by atoms with van der Waals surface area (Å²) in [6.07, 6.45) is -21.3. The molecular weight excluding hydrogens is 615 g/mol. The van der Waals surface area contributed by atoms with Crippen LogP contribution in [0.25, 0.3) is 0 Å². The van der Waals surface area contributed by atoms with Crippen molar-refractivity contribution >= 4 is 23.5 Å². The molecule has 4 fully saturated rings. The molecule has 6 nitrogen and oxygen atoms in total. The fourth-order valence-corrected chi connectivity index (χ4v) is 8.94. The normalized spacial score (nSPS) is 36.8. The van der Waals surface area contributed by atoms with Crippen molar-refractivity contribution in [1.29, 1.82) is 0 Å². The molecule has 15 heteroatoms. The lowest BCUT2D eigenvalue weighted by Crippen LogP contribution is -2.60. The average molecular weight is 651 g/mol. The number of alkyl halides is 9. The number of carbonyl (C=O) groups excluding carboxylic acids is 4. The predicted octanol–water partition coefficient (Wildman–Crippen LogP) is 6.93. The molecule has 250 valence electrons. The van der Waals surface area contributed by atoms with Gasteiger partial charge in [-0.3, -0.25) is 14.4 Å². The number of ether oxygens (including phenoxy) is 2. The Morgan fingerprint density at radius 3 is 2.09 bits per heavy atom. The number of ketones is 2. The van der Waals surface area contributed by atoms with Gasteiger partial charge >= 0.3 is 30.5 Å². The minimum Gasteiger partial charge on any atom is -0.456 e. The van der Waals surface area contributed by atoms with Gasteiger partial charge in [0.05, 0.1) is 0 Å². The van der Waals surface area contributed by atoms with E-state index >= 15 is 0 Å². The summed E-state index contributed by atoms with van der Waals surface area (Å²) in [5, 5.41) is 0. The second kappa shape index (κ2) is 11.5. The molecule has 0 radical (unpaired) electrons. The molecule has 0 bridgehead atoms. The van der Waals surface area contributed by atoms with Crippen molar-refractivity contribution in [3.05, 3.63) is 0 Å². The molecule has 0 aliphatic heterocycles. The third-order valence-corrected chi connectivity index (χ3v) is 11.2. The second-order valence-corrected chi connectivity index (χ2v) is 13.5. The first-order valence-electron chi connectivity index (χ1n) is 14.7. The van der Waals surface area contributed by atoms with Gasteiger partial charge in [0, 0.05) is 30.6 Å². The lowest BCUT2D eigenvalue weighted by atomic mass is 9.43. The molecule has 0 unspecified atom stereocenters. The van der Waals surface area contributed by atoms with E-state index in [1.54, 1.807) is 13.8 Å². The molecule has 4 aliphatic carbocycles. The average Bonchev–Trinajstić information content (AvgIpc) is 3.24. The van der Waals surface area contributed by atoms with Crippen molar-refractivity contribution in [1.82, 2.24) is 0 Å². The Bertz CT molecular complexity index is 1150. The van der Waals surface area contributed by atoms with Crippen molar-refractivity contribution in [2.24, 2.45) is 46.3 Å². The highest BCUT2D eigenvalue weighted by Crippen LogP contribution is 2.66. The molecule has 4 aliphatic rings. The van der Waals surface area contributed by atoms with Gasteiger partial charge in [-0.2, -0.15) is 39.5 Å². The van der Waals surface area contributed by atoms with Gasteiger partial charge < -0.3 is 9.47 Å². The Labute approximate surface area is 247 Å². The number of halogens is 9. The van der Waals surface area contributed by atoms with Gasteiger partial charge in [-0.25, -0.2) is 4.79 Å². The zero-order valence-corrected chi connectivity index (χ0v) is 24.3. The second-order valence-electron chi connectivity index (χ2n) is 13.5. The number of rotatable bonds is 6. The maximum absolute atomic E-state index is 13.9. The first-order valence-corrected chi connectivity index (χ1v) is 14.7. The lowest BCUT2D eigenvalue weighted by Gasteiger charge is -2.59. The van der Waals surface area contributed by atoms with Gasteiger partial charge in [-0.1, -0.05) is 20.8 Å². The summed E-state index contributed by atoms with van der Waals surface area (Å²) in [5.41, 5.74) is -1.57. The molecule has 0 spiro atoms. The van der Waals surface area contributed by atoms with Crippen LogP contribution in [-0.4, -0.2) is 54.2 Å². The summed E-state index contributed by atoms with van der Waals surface area (Å²) in [4.78, 5) is 50.9. The molecule has 0 aromatic rings. The summed E-state index contributed by atoms with van der Waals surface area (Å²) < 4.78 is 123. The third kappa shape index (κ3) is 6.21. The molecule has 4 rings (SSSR count). The van der Waals surface area contributed by atoms with E-state index in [-0.39, 0.29) is 67.3 Å². The van der Waals surface area contributed by atoms with Crippen molar-refractivity contribution in [3.63, 3.8) is 0 Å². The monoisotopic (exact) mass is 650 g/mol. The van der Waals surface area contributed by atoms with E-state index < -0.39 is 71.8 Å². The smallest absolute Gasteiger partial charge is 0.456 e. The maximum atomic E-state index is 13.9. The summed E-state index contributed by atoms with van der Waals surface area (Å²) in [6, 6.07) is 0. The van der Waals surface area contributed by atoms with Crippen molar-refractivity contribution < 1.29 is 68.2 Å². The Kier molecular flexibility index (Phi) is 9.00. The Morgan fingerprint density at radius 1 is 0.909 bits per heavy atom. The van der Waals surface area contributed by atoms with Gasteiger partial charge in [-0.05, 0) is 73.5 Å². The van der Waals surface area contributed by atoms with Crippen molar-refractivity contribution in [2.75, 3.05) is 0 Å². The highest BCUT2D eigenvalue weighted by atomic mass is 19.4. The first kappa shape index (κ1) is 34.5. The summed E-state index contributed by atoms with van der Waals surface area (Å²) in [6.45, 7) is 5.33. The van der Waals surface area contributed by atoms with Gasteiger partial charge in [0.15, 0.2) is 0 Å². The first-order chi connectivity index (χ1) is 20.0.